The molecular formula is C20H29N5O2. The number of nitrogens with one attached hydrogen (secondary N) is 1. The number of carboxylic acid groups (broad SMARTS) is 1. The van der Waals surface area contributed by atoms with E-state index in [9.17, 15) is 4.79 Å². The molecule has 4 rings (SSSR count). The summed E-state index contributed by atoms with van der Waals surface area (Å²) < 4.78 is 2.05. The van der Waals surface area contributed by atoms with Gasteiger partial charge in [0.2, 0.25) is 0 Å². The molecule has 0 aromatic carbocycles. The third-order valence-corrected chi connectivity index (χ3v) is 5.77. The van der Waals surface area contributed by atoms with E-state index < -0.39 is 5.97 Å². The van der Waals surface area contributed by atoms with E-state index in [4.69, 9.17) is 5.11 Å². The second-order valence-electron chi connectivity index (χ2n) is 8.02. The van der Waals surface area contributed by atoms with Gasteiger partial charge in [-0.3, -0.25) is 14.4 Å². The van der Waals surface area contributed by atoms with E-state index in [1.807, 2.05) is 6.20 Å². The first-order chi connectivity index (χ1) is 13.2. The van der Waals surface area contributed by atoms with Gasteiger partial charge in [0.25, 0.3) is 0 Å². The van der Waals surface area contributed by atoms with Crippen LogP contribution in [-0.4, -0.2) is 42.3 Å². The van der Waals surface area contributed by atoms with Gasteiger partial charge in [0.05, 0.1) is 17.8 Å². The van der Waals surface area contributed by atoms with Gasteiger partial charge in [-0.1, -0.05) is 25.7 Å². The summed E-state index contributed by atoms with van der Waals surface area (Å²) in [5, 5.41) is 13.5. The largest absolute Gasteiger partial charge is 0.481 e. The summed E-state index contributed by atoms with van der Waals surface area (Å²) in [5.74, 6) is 1.17. The van der Waals surface area contributed by atoms with Crippen molar-refractivity contribution in [3.63, 3.8) is 0 Å². The number of nitrogens with zero attached hydrogens (tertiary/aromatic N) is 4. The van der Waals surface area contributed by atoms with Crippen molar-refractivity contribution in [3.05, 3.63) is 35.2 Å². The van der Waals surface area contributed by atoms with Crippen LogP contribution in [0.25, 0.3) is 0 Å². The molecule has 0 saturated heterocycles. The molecule has 0 unspecified atom stereocenters. The zero-order valence-electron chi connectivity index (χ0n) is 15.9. The maximum atomic E-state index is 10.8. The average Bonchev–Trinajstić information content (AvgIpc) is 3.35. The number of carbonyl (C=O) groups is 1. The zero-order chi connectivity index (χ0) is 18.6. The molecule has 2 N–H and O–H groups in total. The van der Waals surface area contributed by atoms with Crippen LogP contribution in [0.5, 0.6) is 0 Å². The molecule has 7 nitrogen and oxygen atoms in total. The fourth-order valence-electron chi connectivity index (χ4n) is 4.40. The average molecular weight is 371 g/mol. The number of aryl methyl sites for hydroxylation is 2. The van der Waals surface area contributed by atoms with Gasteiger partial charge in [0, 0.05) is 50.9 Å². The quantitative estimate of drug-likeness (QED) is 0.781. The molecule has 27 heavy (non-hydrogen) atoms. The van der Waals surface area contributed by atoms with Crippen LogP contribution < -0.4 is 0 Å². The topological polar surface area (TPSA) is 87.0 Å². The van der Waals surface area contributed by atoms with E-state index in [0.29, 0.717) is 6.42 Å². The third kappa shape index (κ3) is 4.77. The maximum Gasteiger partial charge on any atom is 0.303 e. The Balaban J connectivity index is 1.35. The van der Waals surface area contributed by atoms with Crippen molar-refractivity contribution in [1.82, 2.24) is 24.6 Å². The summed E-state index contributed by atoms with van der Waals surface area (Å²) in [5.41, 5.74) is 3.25. The van der Waals surface area contributed by atoms with E-state index in [1.165, 1.54) is 37.1 Å². The highest BCUT2D eigenvalue weighted by Gasteiger charge is 2.19. The number of hydrogen-bond acceptors (Lipinski definition) is 4. The molecule has 0 atom stereocenters. The highest BCUT2D eigenvalue weighted by atomic mass is 16.4. The summed E-state index contributed by atoms with van der Waals surface area (Å²) in [6, 6.07) is 2.07. The fraction of sp³-hybridized carbons (Fsp3) is 0.650. The number of hydrogen-bond donors (Lipinski definition) is 2. The second-order valence-corrected chi connectivity index (χ2v) is 8.02. The first-order valence-electron chi connectivity index (χ1n) is 10.2. The molecule has 3 heterocycles. The molecule has 2 aromatic rings. The van der Waals surface area contributed by atoms with Gasteiger partial charge in [-0.15, -0.1) is 0 Å². The molecule has 2 aromatic heterocycles. The van der Waals surface area contributed by atoms with Gasteiger partial charge >= 0.3 is 5.97 Å². The number of aliphatic carboxylic acids is 1. The molecule has 0 spiro atoms. The van der Waals surface area contributed by atoms with E-state index >= 15 is 0 Å². The minimum Gasteiger partial charge on any atom is -0.481 e. The molecule has 1 saturated carbocycles. The first kappa shape index (κ1) is 18.2. The van der Waals surface area contributed by atoms with Crippen molar-refractivity contribution in [2.24, 2.45) is 5.92 Å². The van der Waals surface area contributed by atoms with E-state index in [-0.39, 0.29) is 6.42 Å². The van der Waals surface area contributed by atoms with Crippen LogP contribution in [0, 0.1) is 5.92 Å². The smallest absolute Gasteiger partial charge is 0.303 e. The monoisotopic (exact) mass is 371 g/mol. The Morgan fingerprint density at radius 1 is 1.26 bits per heavy atom. The van der Waals surface area contributed by atoms with Crippen LogP contribution in [0.2, 0.25) is 0 Å². The van der Waals surface area contributed by atoms with Crippen molar-refractivity contribution >= 4 is 5.97 Å². The van der Waals surface area contributed by atoms with Crippen LogP contribution in [-0.2, 0) is 37.3 Å². The summed E-state index contributed by atoms with van der Waals surface area (Å²) in [4.78, 5) is 21.3. The molecule has 0 radical (unpaired) electrons. The molecule has 1 aliphatic heterocycles. The molecular weight excluding hydrogens is 342 g/mol. The van der Waals surface area contributed by atoms with Crippen molar-refractivity contribution in [2.75, 3.05) is 6.54 Å². The Morgan fingerprint density at radius 3 is 2.93 bits per heavy atom. The lowest BCUT2D eigenvalue weighted by Crippen LogP contribution is -2.23. The second kappa shape index (κ2) is 8.25. The van der Waals surface area contributed by atoms with Crippen LogP contribution in [0.15, 0.2) is 12.3 Å². The Morgan fingerprint density at radius 2 is 2.11 bits per heavy atom. The predicted octanol–water partition coefficient (Wildman–Crippen LogP) is 2.76. The maximum absolute atomic E-state index is 10.8. The van der Waals surface area contributed by atoms with Gasteiger partial charge in [0.15, 0.2) is 0 Å². The standard InChI is InChI=1S/C20H29N5O2/c26-20(27)7-6-16-11-18-14-24(8-3-9-25(18)23-16)13-17-12-21-19(22-17)10-15-4-1-2-5-15/h11-12,15H,1-10,13-14H2,(H,21,22)(H,26,27). The van der Waals surface area contributed by atoms with E-state index in [0.717, 1.165) is 56.5 Å². The number of fused-ring (bicyclic) bond motifs is 1. The lowest BCUT2D eigenvalue weighted by molar-refractivity contribution is -0.136. The molecule has 2 aliphatic rings. The molecule has 0 amide bonds. The lowest BCUT2D eigenvalue weighted by Gasteiger charge is -2.18. The molecule has 1 fully saturated rings. The van der Waals surface area contributed by atoms with Gasteiger partial charge in [-0.05, 0) is 18.4 Å². The van der Waals surface area contributed by atoms with Crippen molar-refractivity contribution in [1.29, 1.82) is 0 Å². The number of H-pyrrole nitrogens is 1. The number of aromatic nitrogens is 4. The summed E-state index contributed by atoms with van der Waals surface area (Å²) in [7, 11) is 0. The minimum atomic E-state index is -0.771. The Bertz CT molecular complexity index is 775. The van der Waals surface area contributed by atoms with E-state index in [2.05, 4.69) is 30.7 Å². The Labute approximate surface area is 159 Å². The highest BCUT2D eigenvalue weighted by molar-refractivity contribution is 5.66. The molecule has 1 aliphatic carbocycles. The van der Waals surface area contributed by atoms with Crippen molar-refractivity contribution in [3.8, 4) is 0 Å². The summed E-state index contributed by atoms with van der Waals surface area (Å²) in [6.45, 7) is 3.64. The predicted molar refractivity (Wildman–Crippen MR) is 101 cm³/mol. The zero-order valence-corrected chi connectivity index (χ0v) is 15.9. The number of imidazole rings is 1. The van der Waals surface area contributed by atoms with Crippen LogP contribution in [0.4, 0.5) is 0 Å². The molecule has 146 valence electrons. The normalized spacial score (nSPS) is 18.5. The van der Waals surface area contributed by atoms with Gasteiger partial charge in [-0.2, -0.15) is 5.10 Å². The fourth-order valence-corrected chi connectivity index (χ4v) is 4.40. The minimum absolute atomic E-state index is 0.137. The molecule has 7 heteroatoms. The third-order valence-electron chi connectivity index (χ3n) is 5.77. The van der Waals surface area contributed by atoms with Crippen LogP contribution >= 0.6 is 0 Å². The van der Waals surface area contributed by atoms with Crippen LogP contribution in [0.3, 0.4) is 0 Å². The Hall–Kier alpha value is -2.15. The van der Waals surface area contributed by atoms with Crippen molar-refractivity contribution in [2.45, 2.75) is 71.0 Å². The van der Waals surface area contributed by atoms with Gasteiger partial charge in [-0.25, -0.2) is 4.98 Å². The van der Waals surface area contributed by atoms with E-state index in [1.54, 1.807) is 0 Å². The van der Waals surface area contributed by atoms with Gasteiger partial charge < -0.3 is 10.1 Å². The number of rotatable bonds is 7. The number of carboxylic acids is 1. The SMILES string of the molecule is O=C(O)CCc1cc2n(n1)CCCN(Cc1cnc(CC3CCCC3)[nH]1)C2. The van der Waals surface area contributed by atoms with Crippen LogP contribution in [0.1, 0.15) is 61.4 Å². The highest BCUT2D eigenvalue weighted by Crippen LogP contribution is 2.27. The molecule has 0 bridgehead atoms. The van der Waals surface area contributed by atoms with Gasteiger partial charge in [0.1, 0.15) is 5.82 Å². The lowest BCUT2D eigenvalue weighted by atomic mass is 10.0. The Kier molecular flexibility index (Phi) is 5.57. The number of aromatic amines is 1. The van der Waals surface area contributed by atoms with Crippen molar-refractivity contribution < 1.29 is 9.90 Å². The summed E-state index contributed by atoms with van der Waals surface area (Å²) in [6.07, 6.45) is 10.2. The summed E-state index contributed by atoms with van der Waals surface area (Å²) >= 11 is 0. The first-order valence-corrected chi connectivity index (χ1v) is 10.2.